The molecule has 0 amide bonds. The molecule has 9 heteroatoms. The van der Waals surface area contributed by atoms with Crippen LogP contribution < -0.4 is 5.32 Å². The summed E-state index contributed by atoms with van der Waals surface area (Å²) in [4.78, 5) is 11.0. The summed E-state index contributed by atoms with van der Waals surface area (Å²) in [6.45, 7) is 3.99. The van der Waals surface area contributed by atoms with E-state index in [0.29, 0.717) is 5.82 Å². The van der Waals surface area contributed by atoms with Crippen LogP contribution in [0.5, 0.6) is 0 Å². The summed E-state index contributed by atoms with van der Waals surface area (Å²) in [6.07, 6.45) is 0. The maximum atomic E-state index is 8.63. The van der Waals surface area contributed by atoms with Crippen molar-refractivity contribution in [1.82, 2.24) is 20.3 Å². The lowest BCUT2D eigenvalue weighted by Crippen LogP contribution is -1.99. The number of azide groups is 1. The highest BCUT2D eigenvalue weighted by Crippen LogP contribution is 2.28. The first-order valence-corrected chi connectivity index (χ1v) is 6.07. The maximum Gasteiger partial charge on any atom is 0.245 e. The second-order valence-corrected chi connectivity index (χ2v) is 4.37. The number of benzene rings is 1. The molecule has 0 fully saturated rings. The molecule has 9 nitrogen and oxygen atoms in total. The molecule has 0 bridgehead atoms. The van der Waals surface area contributed by atoms with Crippen LogP contribution in [0.3, 0.4) is 0 Å². The third kappa shape index (κ3) is 2.33. The zero-order chi connectivity index (χ0) is 14.8. The fourth-order valence-corrected chi connectivity index (χ4v) is 1.84. The second-order valence-electron chi connectivity index (χ2n) is 4.37. The van der Waals surface area contributed by atoms with E-state index in [0.717, 1.165) is 16.8 Å². The highest BCUT2D eigenvalue weighted by atomic mass is 16.6. The minimum atomic E-state index is 0.0848. The van der Waals surface area contributed by atoms with Crippen LogP contribution in [0.15, 0.2) is 27.9 Å². The standard InChI is InChI=1S/C12H10N8O/c1-6-4-3-5-8(7(6)2)14-9-10(17-20-13)16-12-11(15-9)18-21-19-12/h3-5H,1-2H3,(H,14,15,18). The van der Waals surface area contributed by atoms with Gasteiger partial charge in [0.05, 0.1) is 0 Å². The van der Waals surface area contributed by atoms with Crippen molar-refractivity contribution in [3.8, 4) is 0 Å². The predicted molar refractivity (Wildman–Crippen MR) is 75.4 cm³/mol. The molecule has 2 aromatic heterocycles. The molecule has 1 N–H and O–H groups in total. The zero-order valence-corrected chi connectivity index (χ0v) is 11.3. The van der Waals surface area contributed by atoms with Crippen molar-refractivity contribution < 1.29 is 4.63 Å². The number of nitrogens with zero attached hydrogens (tertiary/aromatic N) is 7. The Morgan fingerprint density at radius 2 is 1.95 bits per heavy atom. The Morgan fingerprint density at radius 3 is 2.71 bits per heavy atom. The van der Waals surface area contributed by atoms with E-state index in [9.17, 15) is 0 Å². The van der Waals surface area contributed by atoms with Crippen molar-refractivity contribution in [3.63, 3.8) is 0 Å². The molecule has 0 saturated carbocycles. The van der Waals surface area contributed by atoms with Crippen LogP contribution in [-0.4, -0.2) is 20.3 Å². The van der Waals surface area contributed by atoms with Crippen molar-refractivity contribution >= 4 is 28.6 Å². The van der Waals surface area contributed by atoms with Gasteiger partial charge in [0.1, 0.15) is 0 Å². The van der Waals surface area contributed by atoms with E-state index in [2.05, 4.69) is 40.3 Å². The van der Waals surface area contributed by atoms with Gasteiger partial charge in [-0.1, -0.05) is 12.1 Å². The van der Waals surface area contributed by atoms with Gasteiger partial charge in [-0.2, -0.15) is 0 Å². The summed E-state index contributed by atoms with van der Waals surface area (Å²) in [7, 11) is 0. The lowest BCUT2D eigenvalue weighted by atomic mass is 10.1. The molecule has 0 aliphatic heterocycles. The highest BCUT2D eigenvalue weighted by Gasteiger charge is 2.12. The van der Waals surface area contributed by atoms with E-state index in [1.165, 1.54) is 0 Å². The van der Waals surface area contributed by atoms with Crippen molar-refractivity contribution in [3.05, 3.63) is 39.8 Å². The fraction of sp³-hybridized carbons (Fsp3) is 0.167. The van der Waals surface area contributed by atoms with Gasteiger partial charge in [-0.3, -0.25) is 0 Å². The molecule has 3 rings (SSSR count). The molecular formula is C12H10N8O. The maximum absolute atomic E-state index is 8.63. The van der Waals surface area contributed by atoms with Crippen molar-refractivity contribution in [2.24, 2.45) is 5.11 Å². The number of rotatable bonds is 3. The van der Waals surface area contributed by atoms with Crippen LogP contribution in [0.1, 0.15) is 11.1 Å². The molecule has 0 radical (unpaired) electrons. The molecule has 0 unspecified atom stereocenters. The number of hydrogen-bond acceptors (Lipinski definition) is 7. The first-order valence-electron chi connectivity index (χ1n) is 6.07. The topological polar surface area (TPSA) is 125 Å². The molecular weight excluding hydrogens is 272 g/mol. The number of fused-ring (bicyclic) bond motifs is 1. The molecule has 21 heavy (non-hydrogen) atoms. The summed E-state index contributed by atoms with van der Waals surface area (Å²) < 4.78 is 4.56. The monoisotopic (exact) mass is 282 g/mol. The van der Waals surface area contributed by atoms with Gasteiger partial charge in [0.2, 0.25) is 11.3 Å². The van der Waals surface area contributed by atoms with E-state index in [1.807, 2.05) is 32.0 Å². The minimum absolute atomic E-state index is 0.0848. The van der Waals surface area contributed by atoms with Crippen molar-refractivity contribution in [1.29, 1.82) is 0 Å². The normalized spacial score (nSPS) is 10.4. The van der Waals surface area contributed by atoms with Crippen LogP contribution in [0.25, 0.3) is 21.7 Å². The van der Waals surface area contributed by atoms with Gasteiger partial charge >= 0.3 is 0 Å². The summed E-state index contributed by atoms with van der Waals surface area (Å²) in [6, 6.07) is 5.82. The number of hydrogen-bond donors (Lipinski definition) is 1. The highest BCUT2D eigenvalue weighted by molar-refractivity contribution is 5.75. The van der Waals surface area contributed by atoms with Crippen molar-refractivity contribution in [2.45, 2.75) is 13.8 Å². The average Bonchev–Trinajstić information content (AvgIpc) is 2.91. The van der Waals surface area contributed by atoms with E-state index in [4.69, 9.17) is 5.53 Å². The molecule has 1 aromatic carbocycles. The van der Waals surface area contributed by atoms with Crippen LogP contribution in [0, 0.1) is 13.8 Å². The van der Waals surface area contributed by atoms with E-state index in [-0.39, 0.29) is 17.1 Å². The lowest BCUT2D eigenvalue weighted by molar-refractivity contribution is 0.314. The molecule has 0 saturated heterocycles. The second kappa shape index (κ2) is 5.06. The zero-order valence-electron chi connectivity index (χ0n) is 11.3. The molecule has 2 heterocycles. The van der Waals surface area contributed by atoms with Gasteiger partial charge < -0.3 is 5.32 Å². The largest absolute Gasteiger partial charge is 0.338 e. The van der Waals surface area contributed by atoms with E-state index >= 15 is 0 Å². The molecule has 104 valence electrons. The van der Waals surface area contributed by atoms with Gasteiger partial charge in [-0.05, 0) is 52.0 Å². The van der Waals surface area contributed by atoms with Gasteiger partial charge in [-0.25, -0.2) is 14.6 Å². The minimum Gasteiger partial charge on any atom is -0.338 e. The van der Waals surface area contributed by atoms with Crippen LogP contribution in [0.2, 0.25) is 0 Å². The Kier molecular flexibility index (Phi) is 3.09. The molecule has 0 spiro atoms. The van der Waals surface area contributed by atoms with Crippen molar-refractivity contribution in [2.75, 3.05) is 5.32 Å². The Balaban J connectivity index is 2.12. The number of nitrogens with one attached hydrogen (secondary N) is 1. The van der Waals surface area contributed by atoms with Gasteiger partial charge in [0.15, 0.2) is 11.6 Å². The van der Waals surface area contributed by atoms with E-state index in [1.54, 1.807) is 0 Å². The third-order valence-electron chi connectivity index (χ3n) is 3.09. The molecule has 0 aliphatic rings. The first-order chi connectivity index (χ1) is 10.2. The number of aryl methyl sites for hydroxylation is 1. The third-order valence-corrected chi connectivity index (χ3v) is 3.09. The Hall–Kier alpha value is -3.19. The van der Waals surface area contributed by atoms with Gasteiger partial charge in [-0.15, -0.1) is 0 Å². The average molecular weight is 282 g/mol. The summed E-state index contributed by atoms with van der Waals surface area (Å²) in [5, 5.41) is 13.8. The smallest absolute Gasteiger partial charge is 0.245 e. The lowest BCUT2D eigenvalue weighted by Gasteiger charge is -2.11. The Labute approximate surface area is 118 Å². The Bertz CT molecular complexity index is 865. The summed E-state index contributed by atoms with van der Waals surface area (Å²) in [5.41, 5.74) is 12.1. The van der Waals surface area contributed by atoms with Crippen LogP contribution in [0.4, 0.5) is 17.3 Å². The molecule has 3 aromatic rings. The number of aromatic nitrogens is 4. The van der Waals surface area contributed by atoms with Crippen LogP contribution in [-0.2, 0) is 0 Å². The van der Waals surface area contributed by atoms with Crippen LogP contribution >= 0.6 is 0 Å². The summed E-state index contributed by atoms with van der Waals surface area (Å²) >= 11 is 0. The van der Waals surface area contributed by atoms with Gasteiger partial charge in [0.25, 0.3) is 0 Å². The number of anilines is 2. The predicted octanol–water partition coefficient (Wildman–Crippen LogP) is 3.32. The molecule has 0 atom stereocenters. The van der Waals surface area contributed by atoms with E-state index < -0.39 is 0 Å². The Morgan fingerprint density at radius 1 is 1.19 bits per heavy atom. The first kappa shape index (κ1) is 12.8. The molecule has 0 aliphatic carbocycles. The van der Waals surface area contributed by atoms with Gasteiger partial charge in [0, 0.05) is 10.6 Å². The SMILES string of the molecule is Cc1cccc(Nc2nc3nonc3nc2N=[N+]=[N-])c1C. The fourth-order valence-electron chi connectivity index (χ4n) is 1.84. The summed E-state index contributed by atoms with van der Waals surface area (Å²) in [5.74, 6) is 0.381. The quantitative estimate of drug-likeness (QED) is 0.446.